The van der Waals surface area contributed by atoms with Crippen molar-refractivity contribution in [2.45, 2.75) is 38.1 Å². The van der Waals surface area contributed by atoms with Crippen LogP contribution in [0.3, 0.4) is 0 Å². The van der Waals surface area contributed by atoms with Crippen LogP contribution in [0.1, 0.15) is 31.6 Å². The molecular formula is C15H20N4O3. The van der Waals surface area contributed by atoms with E-state index >= 15 is 0 Å². The number of hydrogen-bond donors (Lipinski definition) is 2. The predicted octanol–water partition coefficient (Wildman–Crippen LogP) is 1.51. The summed E-state index contributed by atoms with van der Waals surface area (Å²) < 4.78 is 10.1. The number of nitrogens with zero attached hydrogens (tertiary/aromatic N) is 2. The third kappa shape index (κ3) is 3.36. The first-order chi connectivity index (χ1) is 10.8. The van der Waals surface area contributed by atoms with Crippen LogP contribution in [0.2, 0.25) is 0 Å². The van der Waals surface area contributed by atoms with Crippen molar-refractivity contribution in [3.63, 3.8) is 0 Å². The molecule has 1 fully saturated rings. The quantitative estimate of drug-likeness (QED) is 0.837. The summed E-state index contributed by atoms with van der Waals surface area (Å²) in [5.74, 6) is 1.34. The summed E-state index contributed by atoms with van der Waals surface area (Å²) in [6, 6.07) is 1.97. The van der Waals surface area contributed by atoms with Gasteiger partial charge in [0.05, 0.1) is 11.8 Å². The van der Waals surface area contributed by atoms with E-state index in [2.05, 4.69) is 15.5 Å². The molecule has 1 amide bonds. The maximum absolute atomic E-state index is 12.0. The van der Waals surface area contributed by atoms with Crippen molar-refractivity contribution in [2.24, 2.45) is 11.7 Å². The topological polar surface area (TPSA) is 107 Å². The fraction of sp³-hybridized carbons (Fsp3) is 0.533. The Morgan fingerprint density at radius 1 is 1.45 bits per heavy atom. The molecule has 2 heterocycles. The monoisotopic (exact) mass is 304 g/mol. The molecule has 0 radical (unpaired) electrons. The number of furan rings is 1. The van der Waals surface area contributed by atoms with Gasteiger partial charge in [0.1, 0.15) is 6.26 Å². The van der Waals surface area contributed by atoms with E-state index in [9.17, 15) is 4.79 Å². The van der Waals surface area contributed by atoms with Crippen LogP contribution in [0.4, 0.5) is 0 Å². The van der Waals surface area contributed by atoms with E-state index in [1.54, 1.807) is 18.6 Å². The van der Waals surface area contributed by atoms with Gasteiger partial charge >= 0.3 is 0 Å². The van der Waals surface area contributed by atoms with Gasteiger partial charge in [0.25, 0.3) is 0 Å². The van der Waals surface area contributed by atoms with Crippen LogP contribution < -0.4 is 11.1 Å². The molecule has 118 valence electrons. The first-order valence-electron chi connectivity index (χ1n) is 7.61. The number of carbonyl (C=O) groups excluding carboxylic acids is 1. The van der Waals surface area contributed by atoms with E-state index in [0.29, 0.717) is 37.0 Å². The lowest BCUT2D eigenvalue weighted by Crippen LogP contribution is -2.39. The Hall–Kier alpha value is -2.15. The van der Waals surface area contributed by atoms with Crippen molar-refractivity contribution in [3.05, 3.63) is 24.5 Å². The minimum absolute atomic E-state index is 0.00779. The Kier molecular flexibility index (Phi) is 4.53. The Morgan fingerprint density at radius 3 is 3.14 bits per heavy atom. The van der Waals surface area contributed by atoms with Gasteiger partial charge in [0, 0.05) is 18.9 Å². The summed E-state index contributed by atoms with van der Waals surface area (Å²) in [5, 5.41) is 6.93. The molecule has 0 bridgehead atoms. The van der Waals surface area contributed by atoms with E-state index in [4.69, 9.17) is 14.7 Å². The van der Waals surface area contributed by atoms with Gasteiger partial charge in [-0.15, -0.1) is 0 Å². The highest BCUT2D eigenvalue weighted by Crippen LogP contribution is 2.24. The molecule has 2 unspecified atom stereocenters. The second-order valence-electron chi connectivity index (χ2n) is 5.62. The van der Waals surface area contributed by atoms with Crippen LogP contribution in [0.25, 0.3) is 11.4 Å². The van der Waals surface area contributed by atoms with Crippen molar-refractivity contribution >= 4 is 5.91 Å². The fourth-order valence-corrected chi connectivity index (χ4v) is 2.87. The van der Waals surface area contributed by atoms with Gasteiger partial charge in [-0.1, -0.05) is 11.6 Å². The normalized spacial score (nSPS) is 21.1. The molecule has 0 saturated heterocycles. The van der Waals surface area contributed by atoms with Crippen molar-refractivity contribution < 1.29 is 13.7 Å². The zero-order chi connectivity index (χ0) is 15.4. The summed E-state index contributed by atoms with van der Waals surface area (Å²) in [7, 11) is 0. The van der Waals surface area contributed by atoms with Gasteiger partial charge in [-0.25, -0.2) is 0 Å². The largest absolute Gasteiger partial charge is 0.472 e. The van der Waals surface area contributed by atoms with Crippen molar-refractivity contribution in [2.75, 3.05) is 6.54 Å². The van der Waals surface area contributed by atoms with Crippen LogP contribution in [0.5, 0.6) is 0 Å². The molecule has 3 rings (SSSR count). The van der Waals surface area contributed by atoms with Crippen LogP contribution >= 0.6 is 0 Å². The molecule has 22 heavy (non-hydrogen) atoms. The molecule has 7 nitrogen and oxygen atoms in total. The zero-order valence-electron chi connectivity index (χ0n) is 12.3. The molecule has 2 atom stereocenters. The number of rotatable bonds is 6. The predicted molar refractivity (Wildman–Crippen MR) is 78.6 cm³/mol. The lowest BCUT2D eigenvalue weighted by Gasteiger charge is -2.19. The first kappa shape index (κ1) is 14.8. The fourth-order valence-electron chi connectivity index (χ4n) is 2.87. The average molecular weight is 304 g/mol. The van der Waals surface area contributed by atoms with Gasteiger partial charge in [-0.2, -0.15) is 4.98 Å². The van der Waals surface area contributed by atoms with E-state index in [1.165, 1.54) is 0 Å². The maximum Gasteiger partial charge on any atom is 0.227 e. The molecule has 1 aliphatic rings. The highest BCUT2D eigenvalue weighted by Gasteiger charge is 2.27. The Labute approximate surface area is 128 Å². The Balaban J connectivity index is 1.49. The number of aryl methyl sites for hydroxylation is 1. The standard InChI is InChI=1S/C15H20N4O3/c16-8-10-2-1-3-12(10)17-13(20)4-5-14-18-15(19-22-14)11-6-7-21-9-11/h6-7,9-10,12H,1-5,8,16H2,(H,17,20). The number of nitrogens with two attached hydrogens (primary N) is 1. The van der Waals surface area contributed by atoms with E-state index < -0.39 is 0 Å². The van der Waals surface area contributed by atoms with Crippen molar-refractivity contribution in [1.82, 2.24) is 15.5 Å². The molecule has 1 saturated carbocycles. The van der Waals surface area contributed by atoms with E-state index in [1.807, 2.05) is 0 Å². The molecule has 0 spiro atoms. The van der Waals surface area contributed by atoms with Gasteiger partial charge in [0.15, 0.2) is 0 Å². The minimum atomic E-state index is 0.00779. The van der Waals surface area contributed by atoms with E-state index in [-0.39, 0.29) is 11.9 Å². The number of carbonyl (C=O) groups is 1. The van der Waals surface area contributed by atoms with Crippen LogP contribution in [0.15, 0.2) is 27.5 Å². The number of nitrogens with one attached hydrogen (secondary N) is 1. The summed E-state index contributed by atoms with van der Waals surface area (Å²) in [5.41, 5.74) is 6.48. The van der Waals surface area contributed by atoms with E-state index in [0.717, 1.165) is 24.8 Å². The third-order valence-electron chi connectivity index (χ3n) is 4.12. The number of hydrogen-bond acceptors (Lipinski definition) is 6. The molecule has 1 aliphatic carbocycles. The molecule has 7 heteroatoms. The highest BCUT2D eigenvalue weighted by atomic mass is 16.5. The summed E-state index contributed by atoms with van der Waals surface area (Å²) >= 11 is 0. The average Bonchev–Trinajstić information content (AvgIpc) is 3.25. The van der Waals surface area contributed by atoms with Crippen molar-refractivity contribution in [1.29, 1.82) is 0 Å². The third-order valence-corrected chi connectivity index (χ3v) is 4.12. The molecule has 0 aromatic carbocycles. The number of aromatic nitrogens is 2. The molecular weight excluding hydrogens is 284 g/mol. The highest BCUT2D eigenvalue weighted by molar-refractivity contribution is 5.76. The smallest absolute Gasteiger partial charge is 0.227 e. The zero-order valence-corrected chi connectivity index (χ0v) is 12.3. The maximum atomic E-state index is 12.0. The van der Waals surface area contributed by atoms with Gasteiger partial charge in [-0.05, 0) is 31.4 Å². The summed E-state index contributed by atoms with van der Waals surface area (Å²) in [6.45, 7) is 0.628. The second kappa shape index (κ2) is 6.74. The Morgan fingerprint density at radius 2 is 2.36 bits per heavy atom. The second-order valence-corrected chi connectivity index (χ2v) is 5.62. The molecule has 2 aromatic rings. The summed E-state index contributed by atoms with van der Waals surface area (Å²) in [4.78, 5) is 16.3. The lowest BCUT2D eigenvalue weighted by molar-refractivity contribution is -0.122. The molecule has 0 aliphatic heterocycles. The first-order valence-corrected chi connectivity index (χ1v) is 7.61. The Bertz CT molecular complexity index is 608. The van der Waals surface area contributed by atoms with Crippen molar-refractivity contribution in [3.8, 4) is 11.4 Å². The number of amides is 1. The van der Waals surface area contributed by atoms with Crippen LogP contribution in [0, 0.1) is 5.92 Å². The van der Waals surface area contributed by atoms with Gasteiger partial charge in [-0.3, -0.25) is 4.79 Å². The molecule has 2 aromatic heterocycles. The van der Waals surface area contributed by atoms with Crippen LogP contribution in [-0.2, 0) is 11.2 Å². The summed E-state index contributed by atoms with van der Waals surface area (Å²) in [6.07, 6.45) is 7.10. The van der Waals surface area contributed by atoms with Gasteiger partial charge < -0.3 is 20.0 Å². The SMILES string of the molecule is NCC1CCCC1NC(=O)CCc1nc(-c2ccoc2)no1. The van der Waals surface area contributed by atoms with Crippen LogP contribution in [-0.4, -0.2) is 28.6 Å². The molecule has 3 N–H and O–H groups in total. The lowest BCUT2D eigenvalue weighted by atomic mass is 10.0. The van der Waals surface area contributed by atoms with Gasteiger partial charge in [0.2, 0.25) is 17.6 Å². The minimum Gasteiger partial charge on any atom is -0.472 e.